The first-order chi connectivity index (χ1) is 14.1. The smallest absolute Gasteiger partial charge is 0.272 e. The van der Waals surface area contributed by atoms with Crippen molar-refractivity contribution in [2.45, 2.75) is 26.0 Å². The minimum Gasteiger partial charge on any atom is -0.497 e. The quantitative estimate of drug-likeness (QED) is 0.666. The molecule has 0 unspecified atom stereocenters. The van der Waals surface area contributed by atoms with Crippen LogP contribution in [0.2, 0.25) is 0 Å². The Morgan fingerprint density at radius 3 is 2.00 bits per heavy atom. The molecule has 6 heteroatoms. The molecule has 1 N–H and O–H groups in total. The Morgan fingerprint density at radius 2 is 1.52 bits per heavy atom. The van der Waals surface area contributed by atoms with E-state index in [1.807, 2.05) is 48.5 Å². The standard InChI is InChI=1S/C23H24N2O4/c1-28-18-9-5-16(6-10-18)21-20(14-26)23(27)25(13-15-3-4-15)24-22(21)17-7-11-19(29-2)12-8-17/h5-12,15,26H,3-4,13-14H2,1-2H3. The monoisotopic (exact) mass is 392 g/mol. The van der Waals surface area contributed by atoms with Gasteiger partial charge in [0.2, 0.25) is 0 Å². The lowest BCUT2D eigenvalue weighted by Crippen LogP contribution is -2.29. The van der Waals surface area contributed by atoms with E-state index in [4.69, 9.17) is 14.6 Å². The molecule has 150 valence electrons. The van der Waals surface area contributed by atoms with Gasteiger partial charge < -0.3 is 14.6 Å². The van der Waals surface area contributed by atoms with E-state index in [2.05, 4.69) is 0 Å². The van der Waals surface area contributed by atoms with Gasteiger partial charge in [0.05, 0.1) is 32.1 Å². The zero-order valence-electron chi connectivity index (χ0n) is 16.6. The summed E-state index contributed by atoms with van der Waals surface area (Å²) in [7, 11) is 3.23. The van der Waals surface area contributed by atoms with Gasteiger partial charge in [0.15, 0.2) is 0 Å². The lowest BCUT2D eigenvalue weighted by molar-refractivity contribution is 0.278. The van der Waals surface area contributed by atoms with Crippen molar-refractivity contribution in [2.24, 2.45) is 5.92 Å². The zero-order chi connectivity index (χ0) is 20.4. The number of rotatable bonds is 7. The molecule has 1 heterocycles. The molecule has 0 spiro atoms. The summed E-state index contributed by atoms with van der Waals surface area (Å²) in [4.78, 5) is 13.1. The first-order valence-corrected chi connectivity index (χ1v) is 9.68. The van der Waals surface area contributed by atoms with Gasteiger partial charge in [-0.2, -0.15) is 5.10 Å². The third kappa shape index (κ3) is 3.89. The highest BCUT2D eigenvalue weighted by Gasteiger charge is 2.26. The number of aliphatic hydroxyl groups excluding tert-OH is 1. The van der Waals surface area contributed by atoms with Crippen molar-refractivity contribution in [1.82, 2.24) is 9.78 Å². The molecule has 0 atom stereocenters. The second-order valence-corrected chi connectivity index (χ2v) is 7.25. The van der Waals surface area contributed by atoms with Crippen molar-refractivity contribution in [3.05, 3.63) is 64.4 Å². The van der Waals surface area contributed by atoms with Gasteiger partial charge in [0.25, 0.3) is 5.56 Å². The normalized spacial score (nSPS) is 13.3. The van der Waals surface area contributed by atoms with Gasteiger partial charge >= 0.3 is 0 Å². The number of aliphatic hydroxyl groups is 1. The van der Waals surface area contributed by atoms with E-state index < -0.39 is 0 Å². The summed E-state index contributed by atoms with van der Waals surface area (Å²) >= 11 is 0. The highest BCUT2D eigenvalue weighted by atomic mass is 16.5. The number of nitrogens with zero attached hydrogens (tertiary/aromatic N) is 2. The van der Waals surface area contributed by atoms with Crippen molar-refractivity contribution in [3.63, 3.8) is 0 Å². The fourth-order valence-electron chi connectivity index (χ4n) is 3.46. The molecule has 6 nitrogen and oxygen atoms in total. The predicted molar refractivity (Wildman–Crippen MR) is 111 cm³/mol. The first-order valence-electron chi connectivity index (χ1n) is 9.68. The van der Waals surface area contributed by atoms with Crippen molar-refractivity contribution < 1.29 is 14.6 Å². The number of benzene rings is 2. The molecule has 1 aromatic heterocycles. The van der Waals surface area contributed by atoms with Gasteiger partial charge in [-0.05, 0) is 60.7 Å². The molecule has 0 amide bonds. The lowest BCUT2D eigenvalue weighted by Gasteiger charge is -2.17. The third-order valence-electron chi connectivity index (χ3n) is 5.28. The first kappa shape index (κ1) is 19.2. The summed E-state index contributed by atoms with van der Waals surface area (Å²) in [6, 6.07) is 15.0. The van der Waals surface area contributed by atoms with E-state index in [9.17, 15) is 9.90 Å². The average Bonchev–Trinajstić information content (AvgIpc) is 3.59. The van der Waals surface area contributed by atoms with E-state index >= 15 is 0 Å². The number of methoxy groups -OCH3 is 2. The maximum absolute atomic E-state index is 13.1. The average molecular weight is 392 g/mol. The molecule has 1 aliphatic carbocycles. The van der Waals surface area contributed by atoms with Crippen LogP contribution >= 0.6 is 0 Å². The molecule has 0 radical (unpaired) electrons. The number of ether oxygens (including phenoxy) is 2. The molecular formula is C23H24N2O4. The van der Waals surface area contributed by atoms with Crippen molar-refractivity contribution in [3.8, 4) is 33.9 Å². The van der Waals surface area contributed by atoms with Gasteiger partial charge in [-0.15, -0.1) is 0 Å². The van der Waals surface area contributed by atoms with Crippen LogP contribution in [-0.2, 0) is 13.2 Å². The lowest BCUT2D eigenvalue weighted by atomic mass is 9.95. The minimum atomic E-state index is -0.351. The molecule has 29 heavy (non-hydrogen) atoms. The Morgan fingerprint density at radius 1 is 0.966 bits per heavy atom. The SMILES string of the molecule is COc1ccc(-c2nn(CC3CC3)c(=O)c(CO)c2-c2ccc(OC)cc2)cc1. The molecule has 3 aromatic rings. The number of hydrogen-bond acceptors (Lipinski definition) is 5. The summed E-state index contributed by atoms with van der Waals surface area (Å²) < 4.78 is 12.0. The Bertz CT molecular complexity index is 1050. The maximum atomic E-state index is 13.1. The Hall–Kier alpha value is -3.12. The fraction of sp³-hybridized carbons (Fsp3) is 0.304. The fourth-order valence-corrected chi connectivity index (χ4v) is 3.46. The molecule has 2 aromatic carbocycles. The van der Waals surface area contributed by atoms with Crippen LogP contribution in [-0.4, -0.2) is 29.1 Å². The minimum absolute atomic E-state index is 0.234. The molecule has 1 saturated carbocycles. The molecule has 1 fully saturated rings. The molecule has 0 bridgehead atoms. The Balaban J connectivity index is 1.93. The van der Waals surface area contributed by atoms with Crippen LogP contribution in [0.4, 0.5) is 0 Å². The largest absolute Gasteiger partial charge is 0.497 e. The molecule has 4 rings (SSSR count). The van der Waals surface area contributed by atoms with Crippen LogP contribution in [0, 0.1) is 5.92 Å². The van der Waals surface area contributed by atoms with Crippen LogP contribution in [0.15, 0.2) is 53.3 Å². The van der Waals surface area contributed by atoms with Gasteiger partial charge in [-0.3, -0.25) is 4.79 Å². The van der Waals surface area contributed by atoms with Crippen LogP contribution in [0.1, 0.15) is 18.4 Å². The summed E-state index contributed by atoms with van der Waals surface area (Å²) in [6.07, 6.45) is 2.22. The van der Waals surface area contributed by atoms with Gasteiger partial charge in [0.1, 0.15) is 11.5 Å². The third-order valence-corrected chi connectivity index (χ3v) is 5.28. The van der Waals surface area contributed by atoms with Crippen LogP contribution < -0.4 is 15.0 Å². The predicted octanol–water partition coefficient (Wildman–Crippen LogP) is 3.50. The van der Waals surface area contributed by atoms with Gasteiger partial charge in [-0.25, -0.2) is 4.68 Å². The Kier molecular flexibility index (Phi) is 5.36. The molecule has 0 saturated heterocycles. The van der Waals surface area contributed by atoms with E-state index in [0.29, 0.717) is 29.3 Å². The zero-order valence-corrected chi connectivity index (χ0v) is 16.6. The van der Waals surface area contributed by atoms with Crippen molar-refractivity contribution in [1.29, 1.82) is 0 Å². The Labute approximate surface area is 169 Å². The van der Waals surface area contributed by atoms with Crippen LogP contribution in [0.25, 0.3) is 22.4 Å². The molecular weight excluding hydrogens is 368 g/mol. The van der Waals surface area contributed by atoms with Gasteiger partial charge in [0, 0.05) is 17.7 Å². The van der Waals surface area contributed by atoms with Crippen molar-refractivity contribution in [2.75, 3.05) is 14.2 Å². The van der Waals surface area contributed by atoms with E-state index in [0.717, 1.165) is 35.5 Å². The molecule has 1 aliphatic rings. The summed E-state index contributed by atoms with van der Waals surface area (Å²) in [5.41, 5.74) is 3.11. The number of hydrogen-bond donors (Lipinski definition) is 1. The topological polar surface area (TPSA) is 73.6 Å². The highest BCUT2D eigenvalue weighted by molar-refractivity contribution is 5.83. The van der Waals surface area contributed by atoms with E-state index in [-0.39, 0.29) is 12.2 Å². The van der Waals surface area contributed by atoms with Crippen LogP contribution in [0.3, 0.4) is 0 Å². The van der Waals surface area contributed by atoms with Crippen LogP contribution in [0.5, 0.6) is 11.5 Å². The highest BCUT2D eigenvalue weighted by Crippen LogP contribution is 2.35. The summed E-state index contributed by atoms with van der Waals surface area (Å²) in [5, 5.41) is 14.8. The van der Waals surface area contributed by atoms with E-state index in [1.54, 1.807) is 14.2 Å². The summed E-state index contributed by atoms with van der Waals surface area (Å²) in [6.45, 7) is 0.231. The molecule has 0 aliphatic heterocycles. The van der Waals surface area contributed by atoms with Crippen molar-refractivity contribution >= 4 is 0 Å². The second-order valence-electron chi connectivity index (χ2n) is 7.25. The number of aromatic nitrogens is 2. The van der Waals surface area contributed by atoms with E-state index in [1.165, 1.54) is 4.68 Å². The van der Waals surface area contributed by atoms with Gasteiger partial charge in [-0.1, -0.05) is 12.1 Å². The maximum Gasteiger partial charge on any atom is 0.272 e. The second kappa shape index (κ2) is 8.09. The summed E-state index contributed by atoms with van der Waals surface area (Å²) in [5.74, 6) is 1.95.